The molecule has 0 saturated carbocycles. The van der Waals surface area contributed by atoms with Gasteiger partial charge in [-0.2, -0.15) is 0 Å². The Morgan fingerprint density at radius 1 is 1.64 bits per heavy atom. The average molecular weight is 193 g/mol. The van der Waals surface area contributed by atoms with E-state index in [0.29, 0.717) is 5.56 Å². The highest BCUT2D eigenvalue weighted by Crippen LogP contribution is 1.98. The molecule has 1 aromatic rings. The van der Waals surface area contributed by atoms with Crippen LogP contribution in [0.2, 0.25) is 0 Å². The molecule has 0 aliphatic heterocycles. The summed E-state index contributed by atoms with van der Waals surface area (Å²) in [6.45, 7) is 0. The van der Waals surface area contributed by atoms with Crippen molar-refractivity contribution in [2.45, 2.75) is 6.42 Å². The number of rotatable bonds is 1. The summed E-state index contributed by atoms with van der Waals surface area (Å²) >= 11 is 0. The minimum atomic E-state index is -0.449. The van der Waals surface area contributed by atoms with Crippen LogP contribution in [0.3, 0.4) is 0 Å². The molecule has 0 N–H and O–H groups in total. The number of carbonyl (C=O) groups excluding carboxylic acids is 1. The Morgan fingerprint density at radius 3 is 3.07 bits per heavy atom. The molecule has 0 radical (unpaired) electrons. The Morgan fingerprint density at radius 2 is 2.43 bits per heavy atom. The number of pyridine rings is 1. The molecular formula is C10H8FNO2. The molecule has 0 saturated heterocycles. The second-order valence-corrected chi connectivity index (χ2v) is 2.45. The maximum absolute atomic E-state index is 12.6. The zero-order valence-electron chi connectivity index (χ0n) is 7.58. The molecule has 0 aliphatic rings. The zero-order valence-corrected chi connectivity index (χ0v) is 7.58. The van der Waals surface area contributed by atoms with E-state index in [1.54, 1.807) is 0 Å². The van der Waals surface area contributed by atoms with Crippen LogP contribution < -0.4 is 0 Å². The molecule has 3 nitrogen and oxygen atoms in total. The summed E-state index contributed by atoms with van der Waals surface area (Å²) in [5, 5.41) is 0. The second-order valence-electron chi connectivity index (χ2n) is 2.45. The predicted octanol–water partition coefficient (Wildman–Crippen LogP) is 1.14. The number of carbonyl (C=O) groups is 1. The number of hydrogen-bond acceptors (Lipinski definition) is 3. The van der Waals surface area contributed by atoms with Crippen LogP contribution in [-0.4, -0.2) is 18.1 Å². The van der Waals surface area contributed by atoms with Gasteiger partial charge in [0.15, 0.2) is 0 Å². The molecule has 0 atom stereocenters. The molecule has 1 rings (SSSR count). The SMILES string of the molecule is COC(=O)CC#Cc1cncc(F)c1. The van der Waals surface area contributed by atoms with Crippen molar-refractivity contribution >= 4 is 5.97 Å². The molecule has 0 aliphatic carbocycles. The summed E-state index contributed by atoms with van der Waals surface area (Å²) in [4.78, 5) is 14.3. The molecule has 0 unspecified atom stereocenters. The van der Waals surface area contributed by atoms with Gasteiger partial charge < -0.3 is 4.74 Å². The number of nitrogens with zero attached hydrogens (tertiary/aromatic N) is 1. The second kappa shape index (κ2) is 4.97. The van der Waals surface area contributed by atoms with E-state index >= 15 is 0 Å². The molecule has 0 spiro atoms. The van der Waals surface area contributed by atoms with E-state index in [1.165, 1.54) is 19.4 Å². The Balaban J connectivity index is 2.64. The lowest BCUT2D eigenvalue weighted by molar-refractivity contribution is -0.139. The van der Waals surface area contributed by atoms with Crippen molar-refractivity contribution in [2.24, 2.45) is 0 Å². The van der Waals surface area contributed by atoms with E-state index in [-0.39, 0.29) is 6.42 Å². The quantitative estimate of drug-likeness (QED) is 0.496. The topological polar surface area (TPSA) is 39.2 Å². The van der Waals surface area contributed by atoms with Gasteiger partial charge in [-0.3, -0.25) is 9.78 Å². The molecule has 0 amide bonds. The van der Waals surface area contributed by atoms with Crippen LogP contribution in [0.1, 0.15) is 12.0 Å². The third kappa shape index (κ3) is 3.23. The first-order chi connectivity index (χ1) is 6.72. The van der Waals surface area contributed by atoms with Gasteiger partial charge in [-0.05, 0) is 6.07 Å². The summed E-state index contributed by atoms with van der Waals surface area (Å²) in [6, 6.07) is 1.25. The normalized spacial score (nSPS) is 8.71. The van der Waals surface area contributed by atoms with E-state index in [4.69, 9.17) is 0 Å². The van der Waals surface area contributed by atoms with Crippen molar-refractivity contribution in [1.82, 2.24) is 4.98 Å². The van der Waals surface area contributed by atoms with Crippen LogP contribution in [-0.2, 0) is 9.53 Å². The van der Waals surface area contributed by atoms with E-state index in [1.807, 2.05) is 0 Å². The summed E-state index contributed by atoms with van der Waals surface area (Å²) in [7, 11) is 1.29. The van der Waals surface area contributed by atoms with Gasteiger partial charge in [0.1, 0.15) is 12.2 Å². The first-order valence-corrected chi connectivity index (χ1v) is 3.88. The standard InChI is InChI=1S/C10H8FNO2/c1-14-10(13)4-2-3-8-5-9(11)7-12-6-8/h5-7H,4H2,1H3. The summed E-state index contributed by atoms with van der Waals surface area (Å²) in [6.07, 6.45) is 2.51. The number of halogens is 1. The third-order valence-corrected chi connectivity index (χ3v) is 1.40. The summed E-state index contributed by atoms with van der Waals surface area (Å²) < 4.78 is 17.0. The van der Waals surface area contributed by atoms with Crippen molar-refractivity contribution in [2.75, 3.05) is 7.11 Å². The van der Waals surface area contributed by atoms with Crippen LogP contribution in [0, 0.1) is 17.7 Å². The van der Waals surface area contributed by atoms with Gasteiger partial charge in [-0.1, -0.05) is 11.8 Å². The minimum Gasteiger partial charge on any atom is -0.468 e. The average Bonchev–Trinajstić information content (AvgIpc) is 2.17. The number of ether oxygens (including phenoxy) is 1. The molecule has 4 heteroatoms. The number of aromatic nitrogens is 1. The van der Waals surface area contributed by atoms with Crippen LogP contribution >= 0.6 is 0 Å². The van der Waals surface area contributed by atoms with Gasteiger partial charge >= 0.3 is 5.97 Å². The van der Waals surface area contributed by atoms with Crippen molar-refractivity contribution in [3.8, 4) is 11.8 Å². The highest BCUT2D eigenvalue weighted by molar-refractivity contribution is 5.72. The highest BCUT2D eigenvalue weighted by Gasteiger charge is 1.94. The summed E-state index contributed by atoms with van der Waals surface area (Å²) in [5.41, 5.74) is 0.439. The fraction of sp³-hybridized carbons (Fsp3) is 0.200. The third-order valence-electron chi connectivity index (χ3n) is 1.40. The first kappa shape index (κ1) is 10.2. The molecule has 14 heavy (non-hydrogen) atoms. The van der Waals surface area contributed by atoms with E-state index in [2.05, 4.69) is 21.6 Å². The van der Waals surface area contributed by atoms with E-state index < -0.39 is 11.8 Å². The molecule has 0 aromatic carbocycles. The molecule has 1 aromatic heterocycles. The number of hydrogen-bond donors (Lipinski definition) is 0. The van der Waals surface area contributed by atoms with E-state index in [0.717, 1.165) is 6.20 Å². The number of methoxy groups -OCH3 is 1. The van der Waals surface area contributed by atoms with Crippen LogP contribution in [0.4, 0.5) is 4.39 Å². The van der Waals surface area contributed by atoms with Crippen molar-refractivity contribution in [3.05, 3.63) is 29.8 Å². The van der Waals surface area contributed by atoms with Gasteiger partial charge in [0.05, 0.1) is 13.3 Å². The van der Waals surface area contributed by atoms with Crippen molar-refractivity contribution < 1.29 is 13.9 Å². The smallest absolute Gasteiger partial charge is 0.317 e. The summed E-state index contributed by atoms with van der Waals surface area (Å²) in [5.74, 6) is 4.28. The molecule has 72 valence electrons. The van der Waals surface area contributed by atoms with Crippen LogP contribution in [0.5, 0.6) is 0 Å². The Bertz CT molecular complexity index is 393. The fourth-order valence-corrected chi connectivity index (χ4v) is 0.771. The Kier molecular flexibility index (Phi) is 3.62. The Labute approximate surface area is 80.9 Å². The lowest BCUT2D eigenvalue weighted by Crippen LogP contribution is -1.97. The highest BCUT2D eigenvalue weighted by atomic mass is 19.1. The van der Waals surface area contributed by atoms with Gasteiger partial charge in [0.25, 0.3) is 0 Å². The van der Waals surface area contributed by atoms with Crippen LogP contribution in [0.15, 0.2) is 18.5 Å². The minimum absolute atomic E-state index is 0.00693. The van der Waals surface area contributed by atoms with Gasteiger partial charge in [0, 0.05) is 11.8 Å². The number of esters is 1. The maximum atomic E-state index is 12.6. The molecule has 1 heterocycles. The van der Waals surface area contributed by atoms with Gasteiger partial charge in [-0.25, -0.2) is 4.39 Å². The lowest BCUT2D eigenvalue weighted by atomic mass is 10.3. The van der Waals surface area contributed by atoms with E-state index in [9.17, 15) is 9.18 Å². The lowest BCUT2D eigenvalue weighted by Gasteiger charge is -1.90. The van der Waals surface area contributed by atoms with Crippen molar-refractivity contribution in [3.63, 3.8) is 0 Å². The van der Waals surface area contributed by atoms with Gasteiger partial charge in [0.2, 0.25) is 0 Å². The monoisotopic (exact) mass is 193 g/mol. The predicted molar refractivity (Wildman–Crippen MR) is 47.7 cm³/mol. The molecule has 0 bridgehead atoms. The van der Waals surface area contributed by atoms with Crippen LogP contribution in [0.25, 0.3) is 0 Å². The van der Waals surface area contributed by atoms with Crippen molar-refractivity contribution in [1.29, 1.82) is 0 Å². The maximum Gasteiger partial charge on any atom is 0.317 e. The van der Waals surface area contributed by atoms with Gasteiger partial charge in [-0.15, -0.1) is 0 Å². The zero-order chi connectivity index (χ0) is 10.4. The molecule has 0 fully saturated rings. The largest absolute Gasteiger partial charge is 0.468 e. The fourth-order valence-electron chi connectivity index (χ4n) is 0.771. The Hall–Kier alpha value is -1.89. The molecular weight excluding hydrogens is 185 g/mol. The first-order valence-electron chi connectivity index (χ1n) is 3.88.